The van der Waals surface area contributed by atoms with Crippen LogP contribution in [0, 0.1) is 0 Å². The van der Waals surface area contributed by atoms with E-state index in [9.17, 15) is 14.4 Å². The Morgan fingerprint density at radius 3 is 2.30 bits per heavy atom. The van der Waals surface area contributed by atoms with E-state index >= 15 is 0 Å². The number of anilines is 3. The molecule has 4 N–H and O–H groups in total. The Kier molecular flexibility index (Phi) is 6.83. The van der Waals surface area contributed by atoms with Crippen molar-refractivity contribution in [3.05, 3.63) is 78.3 Å². The molecule has 0 bridgehead atoms. The van der Waals surface area contributed by atoms with Gasteiger partial charge in [0.05, 0.1) is 12.8 Å². The summed E-state index contributed by atoms with van der Waals surface area (Å²) in [5, 5.41) is 11.2. The zero-order valence-corrected chi connectivity index (χ0v) is 16.4. The fraction of sp³-hybridized carbons (Fsp3) is 0.136. The molecular weight excluding hydrogens is 384 g/mol. The molecule has 0 unspecified atom stereocenters. The van der Waals surface area contributed by atoms with Gasteiger partial charge in [-0.15, -0.1) is 0 Å². The smallest absolute Gasteiger partial charge is 0.291 e. The molecule has 3 rings (SSSR count). The molecule has 2 aromatic carbocycles. The van der Waals surface area contributed by atoms with E-state index in [2.05, 4.69) is 21.3 Å². The number of carbonyl (C=O) groups is 3. The Labute approximate surface area is 173 Å². The predicted octanol–water partition coefficient (Wildman–Crippen LogP) is 3.33. The number of carbonyl (C=O) groups excluding carboxylic acids is 3. The van der Waals surface area contributed by atoms with Crippen molar-refractivity contribution in [2.24, 2.45) is 0 Å². The van der Waals surface area contributed by atoms with Gasteiger partial charge in [-0.2, -0.15) is 0 Å². The van der Waals surface area contributed by atoms with Crippen LogP contribution >= 0.6 is 0 Å². The highest BCUT2D eigenvalue weighted by molar-refractivity contribution is 6.02. The third-order valence-electron chi connectivity index (χ3n) is 4.09. The molecule has 0 aliphatic rings. The molecule has 0 radical (unpaired) electrons. The minimum Gasteiger partial charge on any atom is -0.459 e. The third-order valence-corrected chi connectivity index (χ3v) is 4.09. The van der Waals surface area contributed by atoms with Crippen LogP contribution in [-0.2, 0) is 4.79 Å². The summed E-state index contributed by atoms with van der Waals surface area (Å²) < 4.78 is 5.06. The van der Waals surface area contributed by atoms with Gasteiger partial charge in [0.2, 0.25) is 5.91 Å². The lowest BCUT2D eigenvalue weighted by Crippen LogP contribution is -2.23. The summed E-state index contributed by atoms with van der Waals surface area (Å²) in [6.07, 6.45) is 1.43. The van der Waals surface area contributed by atoms with Crippen molar-refractivity contribution >= 4 is 34.8 Å². The fourth-order valence-electron chi connectivity index (χ4n) is 2.66. The quantitative estimate of drug-likeness (QED) is 0.458. The van der Waals surface area contributed by atoms with Crippen molar-refractivity contribution in [1.29, 1.82) is 0 Å². The zero-order chi connectivity index (χ0) is 21.3. The van der Waals surface area contributed by atoms with E-state index in [0.29, 0.717) is 29.2 Å². The molecule has 30 heavy (non-hydrogen) atoms. The molecule has 3 amide bonds. The van der Waals surface area contributed by atoms with E-state index in [1.165, 1.54) is 6.26 Å². The molecule has 1 heterocycles. The van der Waals surface area contributed by atoms with Gasteiger partial charge >= 0.3 is 0 Å². The first-order valence-electron chi connectivity index (χ1n) is 9.42. The van der Waals surface area contributed by atoms with Crippen LogP contribution in [0.15, 0.2) is 71.3 Å². The molecule has 8 heteroatoms. The topological polar surface area (TPSA) is 112 Å². The van der Waals surface area contributed by atoms with Gasteiger partial charge in [0, 0.05) is 29.2 Å². The molecule has 3 aromatic rings. The van der Waals surface area contributed by atoms with Gasteiger partial charge in [0.1, 0.15) is 0 Å². The molecule has 0 aliphatic carbocycles. The predicted molar refractivity (Wildman–Crippen MR) is 115 cm³/mol. The average molecular weight is 406 g/mol. The first kappa shape index (κ1) is 20.7. The first-order valence-corrected chi connectivity index (χ1v) is 9.42. The largest absolute Gasteiger partial charge is 0.459 e. The lowest BCUT2D eigenvalue weighted by Gasteiger charge is -2.10. The molecule has 0 aliphatic heterocycles. The Bertz CT molecular complexity index is 1010. The van der Waals surface area contributed by atoms with Gasteiger partial charge in [-0.05, 0) is 61.5 Å². The van der Waals surface area contributed by atoms with Gasteiger partial charge in [-0.1, -0.05) is 6.07 Å². The summed E-state index contributed by atoms with van der Waals surface area (Å²) >= 11 is 0. The van der Waals surface area contributed by atoms with Crippen LogP contribution in [0.25, 0.3) is 0 Å². The summed E-state index contributed by atoms with van der Waals surface area (Å²) in [5.41, 5.74) is 2.37. The van der Waals surface area contributed by atoms with Crippen LogP contribution < -0.4 is 21.3 Å². The summed E-state index contributed by atoms with van der Waals surface area (Å²) in [7, 11) is 0. The number of furan rings is 1. The minimum absolute atomic E-state index is 0.0354. The SMILES string of the molecule is CCNC(=O)c1ccc(NC(=O)CNc2cccc(NC(=O)c3ccco3)c2)cc1. The molecule has 154 valence electrons. The number of hydrogen-bond acceptors (Lipinski definition) is 5. The van der Waals surface area contributed by atoms with E-state index in [1.54, 1.807) is 60.7 Å². The van der Waals surface area contributed by atoms with Gasteiger partial charge in [0.25, 0.3) is 11.8 Å². The summed E-state index contributed by atoms with van der Waals surface area (Å²) in [5.74, 6) is -0.543. The number of rotatable bonds is 8. The van der Waals surface area contributed by atoms with Crippen LogP contribution in [0.3, 0.4) is 0 Å². The lowest BCUT2D eigenvalue weighted by atomic mass is 10.2. The van der Waals surface area contributed by atoms with Crippen molar-refractivity contribution < 1.29 is 18.8 Å². The highest BCUT2D eigenvalue weighted by Gasteiger charge is 2.09. The van der Waals surface area contributed by atoms with Crippen LogP contribution in [-0.4, -0.2) is 30.8 Å². The number of benzene rings is 2. The molecule has 0 atom stereocenters. The number of hydrogen-bond donors (Lipinski definition) is 4. The first-order chi connectivity index (χ1) is 14.5. The van der Waals surface area contributed by atoms with Crippen molar-refractivity contribution in [2.45, 2.75) is 6.92 Å². The Morgan fingerprint density at radius 2 is 1.60 bits per heavy atom. The average Bonchev–Trinajstić information content (AvgIpc) is 3.28. The maximum Gasteiger partial charge on any atom is 0.291 e. The van der Waals surface area contributed by atoms with E-state index in [1.807, 2.05) is 6.92 Å². The zero-order valence-electron chi connectivity index (χ0n) is 16.4. The highest BCUT2D eigenvalue weighted by atomic mass is 16.3. The van der Waals surface area contributed by atoms with Crippen molar-refractivity contribution in [3.63, 3.8) is 0 Å². The van der Waals surface area contributed by atoms with Crippen molar-refractivity contribution in [3.8, 4) is 0 Å². The van der Waals surface area contributed by atoms with E-state index < -0.39 is 0 Å². The molecule has 0 fully saturated rings. The van der Waals surface area contributed by atoms with E-state index in [0.717, 1.165) is 0 Å². The van der Waals surface area contributed by atoms with Crippen LogP contribution in [0.4, 0.5) is 17.1 Å². The second kappa shape index (κ2) is 9.92. The normalized spacial score (nSPS) is 10.2. The number of nitrogens with one attached hydrogen (secondary N) is 4. The minimum atomic E-state index is -0.356. The van der Waals surface area contributed by atoms with Gasteiger partial charge in [0.15, 0.2) is 5.76 Å². The monoisotopic (exact) mass is 406 g/mol. The third kappa shape index (κ3) is 5.71. The van der Waals surface area contributed by atoms with E-state index in [-0.39, 0.29) is 30.0 Å². The Hall–Kier alpha value is -4.07. The highest BCUT2D eigenvalue weighted by Crippen LogP contribution is 2.16. The molecule has 0 spiro atoms. The molecule has 1 aromatic heterocycles. The summed E-state index contributed by atoms with van der Waals surface area (Å²) in [6.45, 7) is 2.44. The maximum atomic E-state index is 12.2. The van der Waals surface area contributed by atoms with Gasteiger partial charge in [-0.3, -0.25) is 14.4 Å². The number of amides is 3. The second-order valence-electron chi connectivity index (χ2n) is 6.35. The van der Waals surface area contributed by atoms with Crippen LogP contribution in [0.2, 0.25) is 0 Å². The Morgan fingerprint density at radius 1 is 0.833 bits per heavy atom. The Balaban J connectivity index is 1.51. The summed E-state index contributed by atoms with van der Waals surface area (Å²) in [6, 6.07) is 16.9. The van der Waals surface area contributed by atoms with Crippen molar-refractivity contribution in [2.75, 3.05) is 29.0 Å². The summed E-state index contributed by atoms with van der Waals surface area (Å²) in [4.78, 5) is 36.0. The molecule has 8 nitrogen and oxygen atoms in total. The van der Waals surface area contributed by atoms with Crippen LogP contribution in [0.5, 0.6) is 0 Å². The fourth-order valence-corrected chi connectivity index (χ4v) is 2.66. The van der Waals surface area contributed by atoms with Gasteiger partial charge < -0.3 is 25.7 Å². The standard InChI is InChI=1S/C22H22N4O4/c1-2-23-21(28)15-8-10-16(11-9-15)25-20(27)14-24-17-5-3-6-18(13-17)26-22(29)19-7-4-12-30-19/h3-13,24H,2,14H2,1H3,(H,23,28)(H,25,27)(H,26,29). The van der Waals surface area contributed by atoms with Crippen molar-refractivity contribution in [1.82, 2.24) is 5.32 Å². The molecule has 0 saturated carbocycles. The van der Waals surface area contributed by atoms with E-state index in [4.69, 9.17) is 4.42 Å². The van der Waals surface area contributed by atoms with Crippen LogP contribution in [0.1, 0.15) is 27.8 Å². The lowest BCUT2D eigenvalue weighted by molar-refractivity contribution is -0.114. The van der Waals surface area contributed by atoms with Gasteiger partial charge in [-0.25, -0.2) is 0 Å². The molecule has 0 saturated heterocycles. The maximum absolute atomic E-state index is 12.2. The second-order valence-corrected chi connectivity index (χ2v) is 6.35. The molecular formula is C22H22N4O4.